The van der Waals surface area contributed by atoms with Gasteiger partial charge in [-0.25, -0.2) is 9.37 Å². The van der Waals surface area contributed by atoms with Gasteiger partial charge in [0.05, 0.1) is 16.6 Å². The molecule has 0 saturated carbocycles. The quantitative estimate of drug-likeness (QED) is 0.378. The van der Waals surface area contributed by atoms with Crippen molar-refractivity contribution in [2.45, 2.75) is 59.3 Å². The number of imidazole rings is 1. The van der Waals surface area contributed by atoms with Gasteiger partial charge in [-0.05, 0) is 75.3 Å². The SMILES string of the molecule is CCCCC(CC)C(=O)NCCN1CCCC1.Cc1ccc(F)c(-c2nc3ccc(P)cc3[nH]2)c1. The maximum Gasteiger partial charge on any atom is 0.223 e. The second-order valence-corrected chi connectivity index (χ2v) is 10.1. The molecule has 4 rings (SSSR count). The van der Waals surface area contributed by atoms with Crippen molar-refractivity contribution in [1.29, 1.82) is 0 Å². The van der Waals surface area contributed by atoms with Crippen LogP contribution >= 0.6 is 9.24 Å². The number of fused-ring (bicyclic) bond motifs is 1. The van der Waals surface area contributed by atoms with E-state index in [9.17, 15) is 9.18 Å². The first-order chi connectivity index (χ1) is 16.9. The number of likely N-dealkylation sites (tertiary alicyclic amines) is 1. The zero-order valence-corrected chi connectivity index (χ0v) is 22.5. The summed E-state index contributed by atoms with van der Waals surface area (Å²) in [6, 6.07) is 10.9. The summed E-state index contributed by atoms with van der Waals surface area (Å²) in [5, 5.41) is 4.16. The van der Waals surface area contributed by atoms with Crippen LogP contribution in [0.1, 0.15) is 57.9 Å². The molecule has 7 heteroatoms. The van der Waals surface area contributed by atoms with Crippen molar-refractivity contribution >= 4 is 31.5 Å². The van der Waals surface area contributed by atoms with Crippen molar-refractivity contribution < 1.29 is 9.18 Å². The fraction of sp³-hybridized carbons (Fsp3) is 0.500. The Labute approximate surface area is 211 Å². The van der Waals surface area contributed by atoms with Gasteiger partial charge >= 0.3 is 0 Å². The summed E-state index contributed by atoms with van der Waals surface area (Å²) in [4.78, 5) is 21.9. The van der Waals surface area contributed by atoms with E-state index >= 15 is 0 Å². The Morgan fingerprint density at radius 3 is 2.69 bits per heavy atom. The van der Waals surface area contributed by atoms with Gasteiger partial charge in [-0.3, -0.25) is 4.79 Å². The molecular weight excluding hydrogens is 458 g/mol. The van der Waals surface area contributed by atoms with Gasteiger partial charge < -0.3 is 15.2 Å². The molecule has 1 aromatic heterocycles. The van der Waals surface area contributed by atoms with Crippen LogP contribution in [-0.4, -0.2) is 47.0 Å². The third-order valence-corrected chi connectivity index (χ3v) is 6.94. The average molecular weight is 499 g/mol. The number of aromatic nitrogens is 2. The third kappa shape index (κ3) is 8.12. The van der Waals surface area contributed by atoms with E-state index in [4.69, 9.17) is 0 Å². The molecule has 2 unspecified atom stereocenters. The van der Waals surface area contributed by atoms with Crippen molar-refractivity contribution in [3.63, 3.8) is 0 Å². The van der Waals surface area contributed by atoms with Gasteiger partial charge in [0, 0.05) is 19.0 Å². The van der Waals surface area contributed by atoms with Crippen molar-refractivity contribution in [2.24, 2.45) is 5.92 Å². The van der Waals surface area contributed by atoms with Crippen molar-refractivity contribution in [1.82, 2.24) is 20.2 Å². The molecule has 2 heterocycles. The number of rotatable bonds is 9. The summed E-state index contributed by atoms with van der Waals surface area (Å²) < 4.78 is 13.8. The zero-order valence-electron chi connectivity index (χ0n) is 21.4. The van der Waals surface area contributed by atoms with Gasteiger partial charge in [0.1, 0.15) is 11.6 Å². The number of hydrogen-bond donors (Lipinski definition) is 2. The fourth-order valence-electron chi connectivity index (χ4n) is 4.43. The summed E-state index contributed by atoms with van der Waals surface area (Å²) in [6.07, 6.45) is 7.00. The van der Waals surface area contributed by atoms with Crippen LogP contribution in [0.5, 0.6) is 0 Å². The molecule has 0 bridgehead atoms. The number of benzene rings is 2. The maximum absolute atomic E-state index is 13.8. The van der Waals surface area contributed by atoms with Gasteiger partial charge in [-0.2, -0.15) is 0 Å². The summed E-state index contributed by atoms with van der Waals surface area (Å²) in [7, 11) is 2.63. The number of halogens is 1. The molecule has 35 heavy (non-hydrogen) atoms. The van der Waals surface area contributed by atoms with E-state index in [0.717, 1.165) is 54.3 Å². The predicted molar refractivity (Wildman–Crippen MR) is 148 cm³/mol. The Kier molecular flexibility index (Phi) is 10.7. The number of H-pyrrole nitrogens is 1. The highest BCUT2D eigenvalue weighted by Gasteiger charge is 2.16. The summed E-state index contributed by atoms with van der Waals surface area (Å²) in [5.41, 5.74) is 3.28. The lowest BCUT2D eigenvalue weighted by atomic mass is 9.98. The smallest absolute Gasteiger partial charge is 0.223 e. The molecule has 0 aliphatic carbocycles. The van der Waals surface area contributed by atoms with Crippen molar-refractivity contribution in [2.75, 3.05) is 26.2 Å². The minimum absolute atomic E-state index is 0.230. The lowest BCUT2D eigenvalue weighted by molar-refractivity contribution is -0.125. The van der Waals surface area contributed by atoms with Crippen LogP contribution in [0.25, 0.3) is 22.4 Å². The van der Waals surface area contributed by atoms with Gasteiger partial charge in [0.2, 0.25) is 5.91 Å². The fourth-order valence-corrected chi connectivity index (χ4v) is 4.70. The van der Waals surface area contributed by atoms with Crippen LogP contribution in [0.3, 0.4) is 0 Å². The highest BCUT2D eigenvalue weighted by atomic mass is 31.0. The minimum atomic E-state index is -0.259. The van der Waals surface area contributed by atoms with Crippen LogP contribution in [0.15, 0.2) is 36.4 Å². The predicted octanol–water partition coefficient (Wildman–Crippen LogP) is 5.59. The molecule has 5 nitrogen and oxygen atoms in total. The normalized spacial score (nSPS) is 14.5. The Bertz CT molecular complexity index is 1090. The molecule has 2 N–H and O–H groups in total. The molecule has 1 fully saturated rings. The minimum Gasteiger partial charge on any atom is -0.355 e. The van der Waals surface area contributed by atoms with E-state index in [2.05, 4.69) is 43.3 Å². The van der Waals surface area contributed by atoms with E-state index in [1.807, 2.05) is 25.1 Å². The molecule has 0 radical (unpaired) electrons. The third-order valence-electron chi connectivity index (χ3n) is 6.58. The topological polar surface area (TPSA) is 61.0 Å². The molecule has 190 valence electrons. The molecule has 1 aliphatic rings. The highest BCUT2D eigenvalue weighted by molar-refractivity contribution is 7.27. The number of carbonyl (C=O) groups excluding carboxylic acids is 1. The Morgan fingerprint density at radius 1 is 1.20 bits per heavy atom. The van der Waals surface area contributed by atoms with Gasteiger partial charge in [-0.1, -0.05) is 44.4 Å². The first kappa shape index (κ1) is 27.3. The van der Waals surface area contributed by atoms with Gasteiger partial charge in [0.25, 0.3) is 0 Å². The average Bonchev–Trinajstić information content (AvgIpc) is 3.51. The van der Waals surface area contributed by atoms with Crippen molar-refractivity contribution in [3.8, 4) is 11.4 Å². The Morgan fingerprint density at radius 2 is 1.97 bits per heavy atom. The number of amides is 1. The second-order valence-electron chi connectivity index (χ2n) is 9.43. The summed E-state index contributed by atoms with van der Waals surface area (Å²) >= 11 is 0. The Balaban J connectivity index is 0.000000196. The van der Waals surface area contributed by atoms with Crippen LogP contribution in [0, 0.1) is 18.7 Å². The molecule has 1 aliphatic heterocycles. The van der Waals surface area contributed by atoms with Crippen molar-refractivity contribution in [3.05, 3.63) is 47.8 Å². The monoisotopic (exact) mass is 498 g/mol. The summed E-state index contributed by atoms with van der Waals surface area (Å²) in [6.45, 7) is 10.5. The van der Waals surface area contributed by atoms with E-state index in [1.165, 1.54) is 38.4 Å². The van der Waals surface area contributed by atoms with E-state index < -0.39 is 0 Å². The molecule has 1 amide bonds. The van der Waals surface area contributed by atoms with Crippen LogP contribution in [-0.2, 0) is 4.79 Å². The molecular formula is C28H40FN4OP. The lowest BCUT2D eigenvalue weighted by Gasteiger charge is -2.17. The van der Waals surface area contributed by atoms with E-state index in [-0.39, 0.29) is 17.6 Å². The second kappa shape index (κ2) is 13.7. The summed E-state index contributed by atoms with van der Waals surface area (Å²) in [5.74, 6) is 0.807. The first-order valence-electron chi connectivity index (χ1n) is 12.9. The number of unbranched alkanes of at least 4 members (excludes halogenated alkanes) is 1. The lowest BCUT2D eigenvalue weighted by Crippen LogP contribution is -2.36. The molecule has 0 spiro atoms. The van der Waals surface area contributed by atoms with Gasteiger partial charge in [-0.15, -0.1) is 9.24 Å². The number of carbonyl (C=O) groups is 1. The maximum atomic E-state index is 13.8. The standard InChI is InChI=1S/C14H12FN2P.C14H28N2O/c1-8-2-4-11(15)10(6-8)14-16-12-5-3-9(18)7-13(12)17-14;1-3-5-8-13(4-2)14(17)15-9-12-16-10-6-7-11-16/h2-7H,18H2,1H3,(H,16,17);13H,3-12H2,1-2H3,(H,15,17). The highest BCUT2D eigenvalue weighted by Crippen LogP contribution is 2.24. The Hall–Kier alpha value is -2.30. The van der Waals surface area contributed by atoms with E-state index in [0.29, 0.717) is 11.4 Å². The van der Waals surface area contributed by atoms with Crippen LogP contribution in [0.4, 0.5) is 4.39 Å². The number of nitrogens with one attached hydrogen (secondary N) is 2. The first-order valence-corrected chi connectivity index (χ1v) is 13.5. The van der Waals surface area contributed by atoms with E-state index in [1.54, 1.807) is 12.1 Å². The number of nitrogens with zero attached hydrogens (tertiary/aromatic N) is 2. The number of aryl methyl sites for hydroxylation is 1. The number of hydrogen-bond acceptors (Lipinski definition) is 3. The number of aromatic amines is 1. The largest absolute Gasteiger partial charge is 0.355 e. The molecule has 2 aromatic carbocycles. The van der Waals surface area contributed by atoms with Gasteiger partial charge in [0.15, 0.2) is 0 Å². The molecule has 2 atom stereocenters. The molecule has 3 aromatic rings. The molecule has 1 saturated heterocycles. The zero-order chi connectivity index (χ0) is 25.2. The van der Waals surface area contributed by atoms with Crippen LogP contribution < -0.4 is 10.6 Å². The van der Waals surface area contributed by atoms with Crippen LogP contribution in [0.2, 0.25) is 0 Å².